The van der Waals surface area contributed by atoms with Crippen LogP contribution < -0.4 is 10.6 Å². The quantitative estimate of drug-likeness (QED) is 0.564. The molecule has 1 aromatic carbocycles. The molecule has 160 valence electrons. The molecule has 0 bridgehead atoms. The van der Waals surface area contributed by atoms with Crippen LogP contribution in [-0.2, 0) is 21.2 Å². The molecule has 0 aromatic heterocycles. The molecule has 1 saturated heterocycles. The first-order valence-electron chi connectivity index (χ1n) is 10.4. The molecule has 1 saturated carbocycles. The van der Waals surface area contributed by atoms with E-state index in [9.17, 15) is 13.2 Å². The number of sulfone groups is 1. The van der Waals surface area contributed by atoms with E-state index >= 15 is 0 Å². The van der Waals surface area contributed by atoms with E-state index in [1.54, 1.807) is 13.8 Å². The van der Waals surface area contributed by atoms with Crippen LogP contribution in [0.15, 0.2) is 29.3 Å². The molecule has 0 spiro atoms. The Morgan fingerprint density at radius 2 is 2.07 bits per heavy atom. The van der Waals surface area contributed by atoms with E-state index in [1.807, 2.05) is 36.1 Å². The first-order chi connectivity index (χ1) is 13.7. The molecule has 1 aliphatic carbocycles. The topological polar surface area (TPSA) is 90.9 Å². The molecule has 8 heteroatoms. The fraction of sp³-hybridized carbons (Fsp3) is 0.619. The van der Waals surface area contributed by atoms with E-state index in [-0.39, 0.29) is 17.6 Å². The van der Waals surface area contributed by atoms with Crippen molar-refractivity contribution in [1.29, 1.82) is 0 Å². The third kappa shape index (κ3) is 5.10. The van der Waals surface area contributed by atoms with E-state index in [4.69, 9.17) is 4.99 Å². The van der Waals surface area contributed by atoms with Gasteiger partial charge in [0, 0.05) is 31.2 Å². The van der Waals surface area contributed by atoms with Crippen molar-refractivity contribution in [2.75, 3.05) is 30.7 Å². The van der Waals surface area contributed by atoms with Crippen molar-refractivity contribution in [2.24, 2.45) is 10.9 Å². The average Bonchev–Trinajstić information content (AvgIpc) is 2.60. The van der Waals surface area contributed by atoms with Gasteiger partial charge in [0.15, 0.2) is 15.8 Å². The highest BCUT2D eigenvalue weighted by Crippen LogP contribution is 2.28. The van der Waals surface area contributed by atoms with E-state index < -0.39 is 14.6 Å². The fourth-order valence-electron chi connectivity index (χ4n) is 3.58. The normalized spacial score (nSPS) is 21.3. The third-order valence-corrected chi connectivity index (χ3v) is 8.29. The van der Waals surface area contributed by atoms with Gasteiger partial charge in [-0.25, -0.2) is 13.4 Å². The Hall–Kier alpha value is -2.09. The summed E-state index contributed by atoms with van der Waals surface area (Å²) < 4.78 is 23.8. The molecule has 1 amide bonds. The molecule has 0 radical (unpaired) electrons. The van der Waals surface area contributed by atoms with Crippen molar-refractivity contribution < 1.29 is 13.2 Å². The van der Waals surface area contributed by atoms with Crippen LogP contribution in [0.1, 0.15) is 45.6 Å². The van der Waals surface area contributed by atoms with Gasteiger partial charge in [-0.05, 0) is 51.3 Å². The number of hydrogen-bond acceptors (Lipinski definition) is 4. The summed E-state index contributed by atoms with van der Waals surface area (Å²) in [7, 11) is -3.10. The summed E-state index contributed by atoms with van der Waals surface area (Å²) >= 11 is 0. The van der Waals surface area contributed by atoms with Crippen molar-refractivity contribution in [3.05, 3.63) is 29.8 Å². The van der Waals surface area contributed by atoms with Crippen molar-refractivity contribution >= 4 is 27.4 Å². The maximum Gasteiger partial charge on any atom is 0.227 e. The molecule has 0 unspecified atom stereocenters. The Morgan fingerprint density at radius 1 is 1.31 bits per heavy atom. The second-order valence-electron chi connectivity index (χ2n) is 8.49. The third-order valence-electron chi connectivity index (χ3n) is 5.76. The van der Waals surface area contributed by atoms with Crippen LogP contribution in [0.4, 0.5) is 5.69 Å². The smallest absolute Gasteiger partial charge is 0.227 e. The highest BCUT2D eigenvalue weighted by atomic mass is 32.2. The number of hydrogen-bond donors (Lipinski definition) is 2. The summed E-state index contributed by atoms with van der Waals surface area (Å²) in [5.41, 5.74) is 1.79. The number of carbonyl (C=O) groups excluding carboxylic acids is 1. The zero-order valence-corrected chi connectivity index (χ0v) is 18.4. The van der Waals surface area contributed by atoms with Gasteiger partial charge in [0.2, 0.25) is 5.91 Å². The Kier molecular flexibility index (Phi) is 6.51. The second kappa shape index (κ2) is 8.73. The first-order valence-corrected chi connectivity index (χ1v) is 12.0. The Bertz CT molecular complexity index is 876. The van der Waals surface area contributed by atoms with Crippen molar-refractivity contribution in [3.63, 3.8) is 0 Å². The molecule has 3 rings (SSSR count). The summed E-state index contributed by atoms with van der Waals surface area (Å²) in [6.45, 7) is 7.56. The van der Waals surface area contributed by atoms with Gasteiger partial charge in [-0.15, -0.1) is 0 Å². The SMILES string of the molecule is CCNC(=NCc1cccc(NC(=O)C2CCC2)c1)N1CCS(=O)(=O)C(C)(C)C1. The fourth-order valence-corrected chi connectivity index (χ4v) is 4.94. The molecule has 2 aliphatic rings. The maximum atomic E-state index is 12.3. The molecule has 1 aromatic rings. The number of nitrogens with zero attached hydrogens (tertiary/aromatic N) is 2. The van der Waals surface area contributed by atoms with Crippen molar-refractivity contribution in [3.8, 4) is 0 Å². The number of carbonyl (C=O) groups is 1. The number of nitrogens with one attached hydrogen (secondary N) is 2. The van der Waals surface area contributed by atoms with Gasteiger partial charge < -0.3 is 15.5 Å². The molecule has 2 fully saturated rings. The number of benzene rings is 1. The standard InChI is InChI=1S/C21H32N4O3S/c1-4-22-20(25-11-12-29(27,28)21(2,3)15-25)23-14-16-7-5-10-18(13-16)24-19(26)17-8-6-9-17/h5,7,10,13,17H,4,6,8-9,11-12,14-15H2,1-3H3,(H,22,23)(H,24,26). The molecular formula is C21H32N4O3S. The average molecular weight is 421 g/mol. The minimum atomic E-state index is -3.10. The highest BCUT2D eigenvalue weighted by Gasteiger charge is 2.40. The Morgan fingerprint density at radius 3 is 2.69 bits per heavy atom. The van der Waals surface area contributed by atoms with E-state index in [0.29, 0.717) is 26.2 Å². The van der Waals surface area contributed by atoms with Gasteiger partial charge in [0.25, 0.3) is 0 Å². The van der Waals surface area contributed by atoms with Gasteiger partial charge >= 0.3 is 0 Å². The van der Waals surface area contributed by atoms with Gasteiger partial charge in [0.1, 0.15) is 0 Å². The van der Waals surface area contributed by atoms with E-state index in [2.05, 4.69) is 10.6 Å². The predicted octanol–water partition coefficient (Wildman–Crippen LogP) is 2.40. The lowest BCUT2D eigenvalue weighted by atomic mass is 9.85. The lowest BCUT2D eigenvalue weighted by Gasteiger charge is -2.39. The maximum absolute atomic E-state index is 12.3. The van der Waals surface area contributed by atoms with E-state index in [0.717, 1.165) is 36.5 Å². The van der Waals surface area contributed by atoms with Crippen LogP contribution in [0.25, 0.3) is 0 Å². The number of amides is 1. The zero-order chi connectivity index (χ0) is 21.1. The summed E-state index contributed by atoms with van der Waals surface area (Å²) in [6.07, 6.45) is 3.09. The van der Waals surface area contributed by atoms with Crippen LogP contribution in [-0.4, -0.2) is 55.3 Å². The molecule has 7 nitrogen and oxygen atoms in total. The summed E-state index contributed by atoms with van der Waals surface area (Å²) in [5.74, 6) is 1.10. The van der Waals surface area contributed by atoms with Crippen LogP contribution >= 0.6 is 0 Å². The van der Waals surface area contributed by atoms with Crippen LogP contribution in [0, 0.1) is 5.92 Å². The molecule has 29 heavy (non-hydrogen) atoms. The predicted molar refractivity (Wildman–Crippen MR) is 117 cm³/mol. The molecular weight excluding hydrogens is 388 g/mol. The number of guanidine groups is 1. The number of rotatable bonds is 5. The van der Waals surface area contributed by atoms with Gasteiger partial charge in [-0.3, -0.25) is 4.79 Å². The second-order valence-corrected chi connectivity index (χ2v) is 11.2. The number of anilines is 1. The Balaban J connectivity index is 1.69. The lowest BCUT2D eigenvalue weighted by Crippen LogP contribution is -2.57. The van der Waals surface area contributed by atoms with Crippen LogP contribution in [0.3, 0.4) is 0 Å². The minimum Gasteiger partial charge on any atom is -0.357 e. The minimum absolute atomic E-state index is 0.0991. The van der Waals surface area contributed by atoms with E-state index in [1.165, 1.54) is 0 Å². The highest BCUT2D eigenvalue weighted by molar-refractivity contribution is 7.92. The monoisotopic (exact) mass is 420 g/mol. The lowest BCUT2D eigenvalue weighted by molar-refractivity contribution is -0.122. The first kappa shape index (κ1) is 21.6. The molecule has 2 N–H and O–H groups in total. The summed E-state index contributed by atoms with van der Waals surface area (Å²) in [4.78, 5) is 18.9. The molecule has 1 aliphatic heterocycles. The number of aliphatic imine (C=N–C) groups is 1. The molecule has 1 heterocycles. The van der Waals surface area contributed by atoms with Gasteiger partial charge in [-0.1, -0.05) is 18.6 Å². The molecule has 0 atom stereocenters. The Labute approximate surface area is 173 Å². The summed E-state index contributed by atoms with van der Waals surface area (Å²) in [5, 5.41) is 6.28. The van der Waals surface area contributed by atoms with Crippen molar-refractivity contribution in [1.82, 2.24) is 10.2 Å². The van der Waals surface area contributed by atoms with Crippen LogP contribution in [0.2, 0.25) is 0 Å². The van der Waals surface area contributed by atoms with Crippen molar-refractivity contribution in [2.45, 2.75) is 51.3 Å². The van der Waals surface area contributed by atoms with Gasteiger partial charge in [-0.2, -0.15) is 0 Å². The van der Waals surface area contributed by atoms with Gasteiger partial charge in [0.05, 0.1) is 17.0 Å². The zero-order valence-electron chi connectivity index (χ0n) is 17.6. The summed E-state index contributed by atoms with van der Waals surface area (Å²) in [6, 6.07) is 7.75. The van der Waals surface area contributed by atoms with Crippen LogP contribution in [0.5, 0.6) is 0 Å². The largest absolute Gasteiger partial charge is 0.357 e.